The predicted molar refractivity (Wildman–Crippen MR) is 94.7 cm³/mol. The van der Waals surface area contributed by atoms with Crippen LogP contribution in [0, 0.1) is 0 Å². The van der Waals surface area contributed by atoms with Crippen molar-refractivity contribution in [3.05, 3.63) is 78.6 Å². The summed E-state index contributed by atoms with van der Waals surface area (Å²) in [5.74, 6) is 0. The molecule has 0 unspecified atom stereocenters. The average molecular weight is 298 g/mol. The number of fused-ring (bicyclic) bond motifs is 3. The zero-order valence-electron chi connectivity index (χ0n) is 12.3. The molecule has 0 atom stereocenters. The van der Waals surface area contributed by atoms with Gasteiger partial charge in [0, 0.05) is 17.0 Å². The van der Waals surface area contributed by atoms with Crippen molar-refractivity contribution in [2.45, 2.75) is 0 Å². The van der Waals surface area contributed by atoms with Gasteiger partial charge >= 0.3 is 0 Å². The van der Waals surface area contributed by atoms with E-state index in [2.05, 4.69) is 32.6 Å². The highest BCUT2D eigenvalue weighted by atomic mass is 15.3. The number of aromatic nitrogens is 2. The Morgan fingerprint density at radius 1 is 0.783 bits per heavy atom. The molecule has 2 heterocycles. The predicted octanol–water partition coefficient (Wildman–Crippen LogP) is 4.23. The van der Waals surface area contributed by atoms with Crippen LogP contribution in [0.5, 0.6) is 0 Å². The highest BCUT2D eigenvalue weighted by Crippen LogP contribution is 2.21. The summed E-state index contributed by atoms with van der Waals surface area (Å²) in [6.45, 7) is 0. The third-order valence-corrected chi connectivity index (χ3v) is 3.62. The summed E-state index contributed by atoms with van der Waals surface area (Å²) in [6.07, 6.45) is 3.51. The van der Waals surface area contributed by atoms with Crippen LogP contribution < -0.4 is 5.43 Å². The molecule has 0 radical (unpaired) electrons. The Morgan fingerprint density at radius 2 is 1.57 bits per heavy atom. The maximum atomic E-state index is 4.68. The fourth-order valence-corrected chi connectivity index (χ4v) is 2.50. The van der Waals surface area contributed by atoms with E-state index in [1.54, 1.807) is 12.4 Å². The highest BCUT2D eigenvalue weighted by Gasteiger charge is 2.03. The van der Waals surface area contributed by atoms with Gasteiger partial charge in [-0.05, 0) is 24.3 Å². The number of hydrogen-bond donors (Lipinski definition) is 1. The van der Waals surface area contributed by atoms with Crippen LogP contribution in [-0.4, -0.2) is 16.2 Å². The molecule has 0 fully saturated rings. The molecule has 4 heteroatoms. The molecular weight excluding hydrogens is 284 g/mol. The largest absolute Gasteiger partial charge is 0.278 e. The summed E-state index contributed by atoms with van der Waals surface area (Å²) in [5, 5.41) is 6.40. The van der Waals surface area contributed by atoms with Crippen molar-refractivity contribution in [1.29, 1.82) is 0 Å². The minimum Gasteiger partial charge on any atom is -0.278 e. The van der Waals surface area contributed by atoms with Crippen LogP contribution in [0.1, 0.15) is 5.69 Å². The maximum Gasteiger partial charge on any atom is 0.0972 e. The van der Waals surface area contributed by atoms with Gasteiger partial charge in [0.15, 0.2) is 0 Å². The summed E-state index contributed by atoms with van der Waals surface area (Å²) in [7, 11) is 0. The van der Waals surface area contributed by atoms with E-state index in [0.717, 1.165) is 33.2 Å². The number of hydrogen-bond acceptors (Lipinski definition) is 4. The first kappa shape index (κ1) is 13.4. The van der Waals surface area contributed by atoms with Gasteiger partial charge in [-0.1, -0.05) is 42.5 Å². The van der Waals surface area contributed by atoms with Crippen molar-refractivity contribution in [3.8, 4) is 0 Å². The number of pyridine rings is 2. The Balaban J connectivity index is 1.69. The molecule has 4 nitrogen and oxygen atoms in total. The third-order valence-electron chi connectivity index (χ3n) is 3.62. The molecule has 0 bridgehead atoms. The zero-order valence-corrected chi connectivity index (χ0v) is 12.3. The Hall–Kier alpha value is -3.27. The van der Waals surface area contributed by atoms with Crippen molar-refractivity contribution in [1.82, 2.24) is 9.97 Å². The van der Waals surface area contributed by atoms with Crippen molar-refractivity contribution in [2.24, 2.45) is 5.10 Å². The molecule has 0 saturated carbocycles. The molecule has 2 aromatic heterocycles. The monoisotopic (exact) mass is 298 g/mol. The Labute approximate surface area is 133 Å². The molecule has 1 N–H and O–H groups in total. The van der Waals surface area contributed by atoms with Gasteiger partial charge in [-0.3, -0.25) is 10.4 Å². The lowest BCUT2D eigenvalue weighted by atomic mass is 10.1. The van der Waals surface area contributed by atoms with Gasteiger partial charge < -0.3 is 0 Å². The lowest BCUT2D eigenvalue weighted by Crippen LogP contribution is -1.94. The molecule has 2 aromatic carbocycles. The maximum absolute atomic E-state index is 4.68. The average Bonchev–Trinajstić information content (AvgIpc) is 2.62. The van der Waals surface area contributed by atoms with E-state index in [1.807, 2.05) is 54.6 Å². The summed E-state index contributed by atoms with van der Waals surface area (Å²) in [6, 6.07) is 21.9. The van der Waals surface area contributed by atoms with Crippen molar-refractivity contribution in [2.75, 3.05) is 5.43 Å². The van der Waals surface area contributed by atoms with Gasteiger partial charge in [0.2, 0.25) is 0 Å². The molecule has 110 valence electrons. The van der Waals surface area contributed by atoms with Gasteiger partial charge in [0.1, 0.15) is 0 Å². The zero-order chi connectivity index (χ0) is 15.5. The van der Waals surface area contributed by atoms with Crippen molar-refractivity contribution < 1.29 is 0 Å². The molecule has 4 rings (SSSR count). The van der Waals surface area contributed by atoms with Crippen LogP contribution in [-0.2, 0) is 0 Å². The number of nitrogens with zero attached hydrogens (tertiary/aromatic N) is 3. The van der Waals surface area contributed by atoms with E-state index < -0.39 is 0 Å². The number of para-hydroxylation sites is 1. The van der Waals surface area contributed by atoms with E-state index in [0.29, 0.717) is 0 Å². The van der Waals surface area contributed by atoms with Gasteiger partial charge in [-0.2, -0.15) is 5.10 Å². The minimum absolute atomic E-state index is 0.791. The quantitative estimate of drug-likeness (QED) is 0.350. The summed E-state index contributed by atoms with van der Waals surface area (Å²) < 4.78 is 0. The lowest BCUT2D eigenvalue weighted by Gasteiger charge is -2.03. The van der Waals surface area contributed by atoms with Gasteiger partial charge in [-0.15, -0.1) is 0 Å². The Morgan fingerprint density at radius 3 is 2.43 bits per heavy atom. The molecule has 0 aliphatic carbocycles. The lowest BCUT2D eigenvalue weighted by molar-refractivity contribution is 1.31. The Kier molecular flexibility index (Phi) is 3.41. The Bertz CT molecular complexity index is 994. The molecule has 4 aromatic rings. The molecule has 0 amide bonds. The molecule has 0 saturated heterocycles. The van der Waals surface area contributed by atoms with E-state index in [4.69, 9.17) is 0 Å². The fourth-order valence-electron chi connectivity index (χ4n) is 2.50. The van der Waals surface area contributed by atoms with E-state index >= 15 is 0 Å². The van der Waals surface area contributed by atoms with E-state index in [-0.39, 0.29) is 0 Å². The normalized spacial score (nSPS) is 11.3. The van der Waals surface area contributed by atoms with Crippen molar-refractivity contribution in [3.63, 3.8) is 0 Å². The molecule has 23 heavy (non-hydrogen) atoms. The van der Waals surface area contributed by atoms with Crippen LogP contribution in [0.3, 0.4) is 0 Å². The first-order valence-electron chi connectivity index (χ1n) is 7.39. The van der Waals surface area contributed by atoms with Crippen molar-refractivity contribution >= 4 is 33.7 Å². The fraction of sp³-hybridized carbons (Fsp3) is 0. The van der Waals surface area contributed by atoms with Gasteiger partial charge in [-0.25, -0.2) is 4.98 Å². The summed E-state index contributed by atoms with van der Waals surface area (Å²) in [4.78, 5) is 9.14. The van der Waals surface area contributed by atoms with Gasteiger partial charge in [0.25, 0.3) is 0 Å². The van der Waals surface area contributed by atoms with Crippen LogP contribution >= 0.6 is 0 Å². The second-order valence-corrected chi connectivity index (χ2v) is 5.18. The topological polar surface area (TPSA) is 50.2 Å². The minimum atomic E-state index is 0.791. The number of hydrazone groups is 1. The molecule has 0 aliphatic heterocycles. The number of benzene rings is 2. The van der Waals surface area contributed by atoms with Gasteiger partial charge in [0.05, 0.1) is 28.6 Å². The third kappa shape index (κ3) is 2.74. The number of nitrogens with one attached hydrogen (secondary N) is 1. The molecule has 0 spiro atoms. The molecule has 0 aliphatic rings. The van der Waals surface area contributed by atoms with Crippen LogP contribution in [0.25, 0.3) is 21.8 Å². The van der Waals surface area contributed by atoms with Crippen LogP contribution in [0.4, 0.5) is 5.69 Å². The smallest absolute Gasteiger partial charge is 0.0972 e. The number of rotatable bonds is 3. The summed E-state index contributed by atoms with van der Waals surface area (Å²) in [5.41, 5.74) is 6.53. The van der Waals surface area contributed by atoms with E-state index in [9.17, 15) is 0 Å². The highest BCUT2D eigenvalue weighted by molar-refractivity contribution is 6.03. The van der Waals surface area contributed by atoms with Crippen LogP contribution in [0.2, 0.25) is 0 Å². The first-order valence-corrected chi connectivity index (χ1v) is 7.39. The SMILES string of the molecule is C(=NNc1ccccc1)c1ccc2ccc3cccnc3c2n1. The molecular formula is C19H14N4. The second kappa shape index (κ2) is 5.85. The standard InChI is InChI=1S/C19H14N4/c1-2-6-16(7-3-1)23-21-13-17-11-10-15-9-8-14-5-4-12-20-18(14)19(15)22-17/h1-13,23H. The second-order valence-electron chi connectivity index (χ2n) is 5.18. The first-order chi connectivity index (χ1) is 11.4. The number of anilines is 1. The van der Waals surface area contributed by atoms with Crippen LogP contribution in [0.15, 0.2) is 78.0 Å². The summed E-state index contributed by atoms with van der Waals surface area (Å²) >= 11 is 0. The van der Waals surface area contributed by atoms with E-state index in [1.165, 1.54) is 0 Å².